The van der Waals surface area contributed by atoms with Crippen LogP contribution in [0.5, 0.6) is 0 Å². The highest BCUT2D eigenvalue weighted by molar-refractivity contribution is 5.81. The summed E-state index contributed by atoms with van der Waals surface area (Å²) in [5, 5.41) is 1.17. The van der Waals surface area contributed by atoms with E-state index in [0.717, 1.165) is 35.4 Å². The minimum atomic E-state index is -0.268. The summed E-state index contributed by atoms with van der Waals surface area (Å²) in [7, 11) is 3.83. The summed E-state index contributed by atoms with van der Waals surface area (Å²) >= 11 is 0. The van der Waals surface area contributed by atoms with E-state index in [2.05, 4.69) is 27.0 Å². The number of aromatic nitrogens is 3. The van der Waals surface area contributed by atoms with E-state index >= 15 is 0 Å². The van der Waals surface area contributed by atoms with E-state index in [1.165, 1.54) is 23.1 Å². The van der Waals surface area contributed by atoms with Crippen LogP contribution in [0, 0.1) is 5.82 Å². The average Bonchev–Trinajstić information content (AvgIpc) is 2.85. The first-order valence-electron chi connectivity index (χ1n) is 11.1. The van der Waals surface area contributed by atoms with Gasteiger partial charge in [0, 0.05) is 57.1 Å². The third-order valence-corrected chi connectivity index (χ3v) is 5.95. The number of hydrogen-bond donors (Lipinski definition) is 0. The molecule has 3 heterocycles. The van der Waals surface area contributed by atoms with Gasteiger partial charge in [0.2, 0.25) is 5.95 Å². The molecule has 1 fully saturated rings. The Morgan fingerprint density at radius 2 is 1.88 bits per heavy atom. The van der Waals surface area contributed by atoms with E-state index in [1.807, 2.05) is 49.6 Å². The van der Waals surface area contributed by atoms with Gasteiger partial charge in [-0.1, -0.05) is 30.3 Å². The number of para-hydroxylation sites is 1. The molecule has 0 amide bonds. The summed E-state index contributed by atoms with van der Waals surface area (Å²) < 4.78 is 19.7. The number of fused-ring (bicyclic) bond motifs is 1. The molecule has 0 N–H and O–H groups in total. The normalized spacial score (nSPS) is 16.8. The maximum Gasteiger partial charge on any atom is 0.225 e. The van der Waals surface area contributed by atoms with Crippen molar-refractivity contribution in [3.63, 3.8) is 0 Å². The second-order valence-corrected chi connectivity index (χ2v) is 8.45. The van der Waals surface area contributed by atoms with Crippen molar-refractivity contribution in [3.8, 4) is 11.1 Å². The van der Waals surface area contributed by atoms with Crippen LogP contribution < -0.4 is 4.90 Å². The number of hydrogen-bond acceptors (Lipinski definition) is 6. The van der Waals surface area contributed by atoms with E-state index in [9.17, 15) is 4.39 Å². The molecule has 6 nitrogen and oxygen atoms in total. The molecular weight excluding hydrogens is 417 g/mol. The number of ether oxygens (including phenoxy) is 1. The molecular formula is C26H26FN5O. The first kappa shape index (κ1) is 21.4. The molecule has 0 bridgehead atoms. The minimum Gasteiger partial charge on any atom is -0.369 e. The molecule has 7 heteroatoms. The molecule has 33 heavy (non-hydrogen) atoms. The Hall–Kier alpha value is -3.42. The van der Waals surface area contributed by atoms with E-state index < -0.39 is 0 Å². The molecule has 1 saturated heterocycles. The molecule has 0 radical (unpaired) electrons. The zero-order chi connectivity index (χ0) is 22.8. The van der Waals surface area contributed by atoms with Crippen LogP contribution in [0.15, 0.2) is 67.0 Å². The van der Waals surface area contributed by atoms with Crippen LogP contribution in [0.1, 0.15) is 17.4 Å². The van der Waals surface area contributed by atoms with Crippen LogP contribution >= 0.6 is 0 Å². The summed E-state index contributed by atoms with van der Waals surface area (Å²) in [6.45, 7) is 2.96. The monoisotopic (exact) mass is 443 g/mol. The lowest BCUT2D eigenvalue weighted by Crippen LogP contribution is -2.38. The minimum absolute atomic E-state index is 0.214. The predicted octanol–water partition coefficient (Wildman–Crippen LogP) is 4.47. The molecule has 1 aliphatic rings. The van der Waals surface area contributed by atoms with Crippen molar-refractivity contribution in [2.45, 2.75) is 12.6 Å². The van der Waals surface area contributed by atoms with Gasteiger partial charge in [0.05, 0.1) is 17.8 Å². The van der Waals surface area contributed by atoms with Crippen LogP contribution in [-0.4, -0.2) is 53.6 Å². The second-order valence-electron chi connectivity index (χ2n) is 8.45. The molecule has 0 saturated carbocycles. The van der Waals surface area contributed by atoms with E-state index in [4.69, 9.17) is 9.72 Å². The fourth-order valence-corrected chi connectivity index (χ4v) is 4.24. The van der Waals surface area contributed by atoms with Gasteiger partial charge < -0.3 is 9.64 Å². The molecule has 5 rings (SSSR count). The molecule has 1 aliphatic heterocycles. The summed E-state index contributed by atoms with van der Waals surface area (Å²) in [6, 6.07) is 16.8. The first-order valence-corrected chi connectivity index (χ1v) is 11.1. The SMILES string of the molecule is CN(C)c1ncc(-c2ccc(F)cc2)c(C2CN(Cc3ccnc4ccccc34)CCO2)n1. The molecule has 0 aliphatic carbocycles. The van der Waals surface area contributed by atoms with Crippen LogP contribution in [-0.2, 0) is 11.3 Å². The molecule has 1 unspecified atom stereocenters. The highest BCUT2D eigenvalue weighted by atomic mass is 19.1. The Morgan fingerprint density at radius 1 is 1.06 bits per heavy atom. The van der Waals surface area contributed by atoms with Gasteiger partial charge in [0.25, 0.3) is 0 Å². The number of benzene rings is 2. The Morgan fingerprint density at radius 3 is 2.70 bits per heavy atom. The molecule has 2 aromatic carbocycles. The summed E-state index contributed by atoms with van der Waals surface area (Å²) in [5.41, 5.74) is 4.81. The topological polar surface area (TPSA) is 54.4 Å². The Bertz CT molecular complexity index is 1260. The smallest absolute Gasteiger partial charge is 0.225 e. The van der Waals surface area contributed by atoms with Crippen molar-refractivity contribution in [1.82, 2.24) is 19.9 Å². The third-order valence-electron chi connectivity index (χ3n) is 5.95. The highest BCUT2D eigenvalue weighted by Crippen LogP contribution is 2.32. The van der Waals surface area contributed by atoms with Crippen molar-refractivity contribution >= 4 is 16.9 Å². The number of anilines is 1. The van der Waals surface area contributed by atoms with E-state index in [1.54, 1.807) is 12.1 Å². The lowest BCUT2D eigenvalue weighted by molar-refractivity contribution is -0.0345. The zero-order valence-corrected chi connectivity index (χ0v) is 18.8. The van der Waals surface area contributed by atoms with Crippen LogP contribution in [0.25, 0.3) is 22.0 Å². The van der Waals surface area contributed by atoms with Gasteiger partial charge >= 0.3 is 0 Å². The maximum absolute atomic E-state index is 13.5. The molecule has 168 valence electrons. The fourth-order valence-electron chi connectivity index (χ4n) is 4.24. The van der Waals surface area contributed by atoms with Crippen LogP contribution in [0.3, 0.4) is 0 Å². The number of pyridine rings is 1. The lowest BCUT2D eigenvalue weighted by Gasteiger charge is -2.33. The van der Waals surface area contributed by atoms with Gasteiger partial charge in [-0.05, 0) is 35.4 Å². The lowest BCUT2D eigenvalue weighted by atomic mass is 10.0. The highest BCUT2D eigenvalue weighted by Gasteiger charge is 2.27. The van der Waals surface area contributed by atoms with Gasteiger partial charge in [-0.2, -0.15) is 0 Å². The number of halogens is 1. The maximum atomic E-state index is 13.5. The van der Waals surface area contributed by atoms with E-state index in [0.29, 0.717) is 19.1 Å². The first-order chi connectivity index (χ1) is 16.1. The molecule has 2 aromatic heterocycles. The number of rotatable bonds is 5. The summed E-state index contributed by atoms with van der Waals surface area (Å²) in [5.74, 6) is 0.354. The van der Waals surface area contributed by atoms with Crippen LogP contribution in [0.2, 0.25) is 0 Å². The summed E-state index contributed by atoms with van der Waals surface area (Å²) in [6.07, 6.45) is 3.47. The Kier molecular flexibility index (Phi) is 5.98. The predicted molar refractivity (Wildman–Crippen MR) is 127 cm³/mol. The van der Waals surface area contributed by atoms with Gasteiger partial charge in [0.1, 0.15) is 11.9 Å². The largest absolute Gasteiger partial charge is 0.369 e. The molecule has 0 spiro atoms. The van der Waals surface area contributed by atoms with Gasteiger partial charge in [0.15, 0.2) is 0 Å². The van der Waals surface area contributed by atoms with Crippen molar-refractivity contribution in [3.05, 3.63) is 84.1 Å². The third kappa shape index (κ3) is 4.55. The number of nitrogens with zero attached hydrogens (tertiary/aromatic N) is 5. The molecule has 4 aromatic rings. The van der Waals surface area contributed by atoms with Crippen molar-refractivity contribution in [2.24, 2.45) is 0 Å². The fraction of sp³-hybridized carbons (Fsp3) is 0.269. The van der Waals surface area contributed by atoms with E-state index in [-0.39, 0.29) is 11.9 Å². The molecule has 1 atom stereocenters. The van der Waals surface area contributed by atoms with Crippen molar-refractivity contribution in [2.75, 3.05) is 38.7 Å². The van der Waals surface area contributed by atoms with Gasteiger partial charge in [-0.25, -0.2) is 14.4 Å². The Balaban J connectivity index is 1.46. The van der Waals surface area contributed by atoms with Crippen LogP contribution in [0.4, 0.5) is 10.3 Å². The van der Waals surface area contributed by atoms with Crippen molar-refractivity contribution < 1.29 is 9.13 Å². The van der Waals surface area contributed by atoms with Gasteiger partial charge in [-0.15, -0.1) is 0 Å². The van der Waals surface area contributed by atoms with Crippen molar-refractivity contribution in [1.29, 1.82) is 0 Å². The average molecular weight is 444 g/mol. The Labute approximate surface area is 192 Å². The standard InChI is InChI=1S/C26H26FN5O/c1-31(2)26-29-15-22(18-7-9-20(27)10-8-18)25(30-26)24-17-32(13-14-33-24)16-19-11-12-28-23-6-4-3-5-21(19)23/h3-12,15,24H,13-14,16-17H2,1-2H3. The second kappa shape index (κ2) is 9.21. The zero-order valence-electron chi connectivity index (χ0n) is 18.8. The van der Waals surface area contributed by atoms with Gasteiger partial charge in [-0.3, -0.25) is 9.88 Å². The summed E-state index contributed by atoms with van der Waals surface area (Å²) in [4.78, 5) is 18.1. The number of morpholine rings is 1. The quantitative estimate of drug-likeness (QED) is 0.454.